The number of nitrogens with zero attached hydrogens (tertiary/aromatic N) is 4. The molecular weight excluding hydrogens is 1380 g/mol. The standard InChI is InChI=1S/C74H96N11O19P/c1-37(2)58(81-52(87)18-11-10-12-29-85-53(88)23-24-54(85)89)71(97)79-47(17-14-28-77-72(76)98)70(96)78-43-21-19-42(20-22-43)36-101-73(99)83(8)44-25-30-84(31-26-44)45-33-49(86)59-51(34-45)103-66-48-35-46-55(60(66)82-59)56-65(41(6)62(46)91)104-74(7,68(56)94)102-32-27-50(100-9)67(105)64(93)40(5)63(92)57(75)61(90)38(3)15-13-16-39(4)69(95)80-48/h13,15-16,19-24,27,32-34,37-38,40,44,47,50,57-58,61,63-64,67,90-94H,10-12,14,17-18,25-26,28-31,35-36,75,105H2,1-9H3,(H,78,96)(H,79,97)(H,80,95)(H,81,87)(H3,76,77,98). The smallest absolute Gasteiger partial charge is 0.410 e. The van der Waals surface area contributed by atoms with Crippen LogP contribution in [0.2, 0.25) is 0 Å². The summed E-state index contributed by atoms with van der Waals surface area (Å²) in [4.78, 5) is 128. The van der Waals surface area contributed by atoms with Gasteiger partial charge in [-0.3, -0.25) is 38.5 Å². The quantitative estimate of drug-likeness (QED) is 0.0324. The number of unbranched alkanes of at least 4 members (excludes halogenated alkanes) is 2. The number of carbonyl (C=O) groups is 8. The number of urea groups is 1. The molecule has 2 aromatic carbocycles. The minimum atomic E-state index is -1.94. The molecule has 14 N–H and O–H groups in total. The Balaban J connectivity index is 0.884. The molecule has 5 aliphatic heterocycles. The molecule has 0 radical (unpaired) electrons. The van der Waals surface area contributed by atoms with E-state index in [0.29, 0.717) is 62.1 Å². The van der Waals surface area contributed by atoms with Crippen LogP contribution in [0.3, 0.4) is 0 Å². The van der Waals surface area contributed by atoms with Crippen molar-refractivity contribution in [3.63, 3.8) is 0 Å². The first kappa shape index (κ1) is 79.4. The van der Waals surface area contributed by atoms with Gasteiger partial charge < -0.3 is 96.7 Å². The summed E-state index contributed by atoms with van der Waals surface area (Å²) < 4.78 is 30.7. The molecule has 0 saturated carbocycles. The lowest BCUT2D eigenvalue weighted by Gasteiger charge is -2.37. The molecule has 566 valence electrons. The second-order valence-electron chi connectivity index (χ2n) is 27.8. The molecule has 31 heteroatoms. The second-order valence-corrected chi connectivity index (χ2v) is 28.5. The van der Waals surface area contributed by atoms with Crippen molar-refractivity contribution in [2.45, 2.75) is 173 Å². The third kappa shape index (κ3) is 18.3. The zero-order chi connectivity index (χ0) is 76.5. The van der Waals surface area contributed by atoms with Crippen LogP contribution in [0.4, 0.5) is 21.0 Å². The molecule has 2 aliphatic carbocycles. The lowest BCUT2D eigenvalue weighted by Crippen LogP contribution is -2.54. The van der Waals surface area contributed by atoms with Gasteiger partial charge in [0.15, 0.2) is 22.6 Å². The number of ether oxygens (including phenoxy) is 4. The van der Waals surface area contributed by atoms with Crippen molar-refractivity contribution in [2.24, 2.45) is 29.2 Å². The Morgan fingerprint density at radius 3 is 2.27 bits per heavy atom. The van der Waals surface area contributed by atoms with Crippen LogP contribution in [0, 0.1) is 35.2 Å². The molecule has 9 amide bonds. The number of aliphatic hydroxyl groups excluding tert-OH is 4. The number of phenolic OH excluding ortho intramolecular Hbond substituents is 1. The number of carbonyl (C=O) groups excluding carboxylic acids is 8. The number of hydrogen-bond acceptors (Lipinski definition) is 22. The summed E-state index contributed by atoms with van der Waals surface area (Å²) in [5.41, 5.74) is 12.5. The predicted octanol–water partition coefficient (Wildman–Crippen LogP) is 2.72. The summed E-state index contributed by atoms with van der Waals surface area (Å²) in [6, 6.07) is 5.28. The summed E-state index contributed by atoms with van der Waals surface area (Å²) in [5.74, 6) is -7.33. The van der Waals surface area contributed by atoms with Crippen LogP contribution in [-0.2, 0) is 56.0 Å². The van der Waals surface area contributed by atoms with Crippen LogP contribution in [0.15, 0.2) is 93.9 Å². The monoisotopic (exact) mass is 1470 g/mol. The van der Waals surface area contributed by atoms with E-state index in [2.05, 4.69) is 35.8 Å². The maximum absolute atomic E-state index is 14.4. The minimum absolute atomic E-state index is 0.00479. The van der Waals surface area contributed by atoms with E-state index in [0.717, 1.165) is 4.90 Å². The number of aliphatic hydroxyl groups is 4. The lowest BCUT2D eigenvalue weighted by atomic mass is 9.84. The van der Waals surface area contributed by atoms with Crippen LogP contribution in [-0.4, -0.2) is 188 Å². The number of aromatic nitrogens is 1. The molecule has 5 heterocycles. The van der Waals surface area contributed by atoms with Gasteiger partial charge in [0.2, 0.25) is 23.2 Å². The first-order valence-corrected chi connectivity index (χ1v) is 35.8. The fourth-order valence-corrected chi connectivity index (χ4v) is 14.0. The molecule has 1 saturated heterocycles. The highest BCUT2D eigenvalue weighted by Crippen LogP contribution is 2.40. The number of benzene rings is 3. The van der Waals surface area contributed by atoms with Crippen molar-refractivity contribution in [3.05, 3.63) is 133 Å². The fourth-order valence-electron chi connectivity index (χ4n) is 13.3. The molecule has 30 nitrogen and oxygen atoms in total. The molecule has 9 rings (SSSR count). The predicted molar refractivity (Wildman–Crippen MR) is 389 cm³/mol. The molecule has 7 aliphatic rings. The number of piperidine rings is 1. The van der Waals surface area contributed by atoms with E-state index >= 15 is 0 Å². The van der Waals surface area contributed by atoms with Gasteiger partial charge in [-0.05, 0) is 82.1 Å². The topological polar surface area (TPSA) is 440 Å². The number of nitrogens with two attached hydrogens (primary N) is 2. The van der Waals surface area contributed by atoms with Gasteiger partial charge in [-0.2, -0.15) is 0 Å². The van der Waals surface area contributed by atoms with Gasteiger partial charge in [0, 0.05) is 141 Å². The molecule has 0 spiro atoms. The molecule has 0 aromatic heterocycles. The third-order valence-electron chi connectivity index (χ3n) is 20.0. The van der Waals surface area contributed by atoms with E-state index in [1.165, 1.54) is 55.6 Å². The van der Waals surface area contributed by atoms with Crippen LogP contribution in [0.25, 0.3) is 22.9 Å². The van der Waals surface area contributed by atoms with Gasteiger partial charge in [0.1, 0.15) is 35.5 Å². The Hall–Kier alpha value is -9.71. The van der Waals surface area contributed by atoms with Crippen LogP contribution < -0.4 is 63.8 Å². The Morgan fingerprint density at radius 1 is 0.905 bits per heavy atom. The second kappa shape index (κ2) is 34.5. The summed E-state index contributed by atoms with van der Waals surface area (Å²) in [7, 11) is 5.55. The van der Waals surface area contributed by atoms with Gasteiger partial charge in [-0.25, -0.2) is 14.6 Å². The molecule has 12 unspecified atom stereocenters. The van der Waals surface area contributed by atoms with Crippen molar-refractivity contribution >= 4 is 79.6 Å². The van der Waals surface area contributed by atoms with E-state index in [1.807, 2.05) is 4.90 Å². The summed E-state index contributed by atoms with van der Waals surface area (Å²) in [6.07, 6.45) is 7.19. The molecule has 1 fully saturated rings. The first-order valence-electron chi connectivity index (χ1n) is 35.1. The average Bonchev–Trinajstić information content (AvgIpc) is 1.61. The largest absolute Gasteiger partial charge is 0.507 e. The number of amides is 9. The van der Waals surface area contributed by atoms with Gasteiger partial charge in [-0.1, -0.05) is 64.5 Å². The number of methoxy groups -OCH3 is 1. The van der Waals surface area contributed by atoms with E-state index < -0.39 is 107 Å². The Bertz CT molecular complexity index is 4350. The van der Waals surface area contributed by atoms with Crippen molar-refractivity contribution in [3.8, 4) is 23.0 Å². The Kier molecular flexibility index (Phi) is 26.1. The number of phenols is 1. The third-order valence-corrected chi connectivity index (χ3v) is 20.7. The van der Waals surface area contributed by atoms with Crippen molar-refractivity contribution < 1.29 is 87.3 Å². The van der Waals surface area contributed by atoms with Crippen molar-refractivity contribution in [1.29, 1.82) is 0 Å². The van der Waals surface area contributed by atoms with E-state index in [9.17, 15) is 68.7 Å². The number of fused-ring (bicyclic) bond motifs is 4. The number of primary amides is 1. The number of allylic oxidation sites excluding steroid dienone is 2. The lowest BCUT2D eigenvalue weighted by molar-refractivity contribution is -0.137. The zero-order valence-electron chi connectivity index (χ0n) is 60.3. The highest BCUT2D eigenvalue weighted by molar-refractivity contribution is 7.17. The number of nitrogens with one attached hydrogen (secondary N) is 5. The maximum atomic E-state index is 14.4. The normalized spacial score (nSPS) is 23.5. The van der Waals surface area contributed by atoms with E-state index in [4.69, 9.17) is 39.8 Å². The van der Waals surface area contributed by atoms with Crippen LogP contribution in [0.1, 0.15) is 110 Å². The number of anilines is 2. The number of rotatable bonds is 21. The maximum Gasteiger partial charge on any atom is 0.410 e. The molecule has 2 aromatic rings. The summed E-state index contributed by atoms with van der Waals surface area (Å²) >= 11 is 0. The molecule has 105 heavy (non-hydrogen) atoms. The van der Waals surface area contributed by atoms with Gasteiger partial charge in [0.05, 0.1) is 47.6 Å². The summed E-state index contributed by atoms with van der Waals surface area (Å²) in [5, 5.41) is 72.5. The Morgan fingerprint density at radius 2 is 1.60 bits per heavy atom. The Labute approximate surface area is 608 Å². The van der Waals surface area contributed by atoms with E-state index in [-0.39, 0.29) is 142 Å². The molecule has 5 bridgehead atoms. The molecular formula is C74H96N11O19P. The first-order chi connectivity index (χ1) is 49.8. The highest BCUT2D eigenvalue weighted by Gasteiger charge is 2.44. The van der Waals surface area contributed by atoms with Gasteiger partial charge in [0.25, 0.3) is 17.7 Å². The highest BCUT2D eigenvalue weighted by atomic mass is 31.0. The SMILES string of the molecule is COC1C=COC2(C)Oc3c(C)c(O)c4c(c3=C2O)=c2nc3c(=O)cc(N5CCC(N(C)C(=O)OCc6ccc(NC(=O)C(CCCNC(N)=O)NC(=O)C(NC(=O)CCCCCN7C(=O)C=CC7=O)C(C)C)cc6)CC5)cc-3oc2=C(C4)NC(=O)C(C)=CC=CC(C)C(O)C(N)C(O)C(C)C(O)C1P. The number of imide groups is 1. The minimum Gasteiger partial charge on any atom is -0.507 e. The van der Waals surface area contributed by atoms with Gasteiger partial charge >= 0.3 is 17.9 Å². The fraction of sp³-hybridized carbons (Fsp3) is 0.486. The van der Waals surface area contributed by atoms with Gasteiger partial charge in [-0.15, -0.1) is 9.24 Å². The average molecular weight is 1470 g/mol. The zero-order valence-corrected chi connectivity index (χ0v) is 61.5. The summed E-state index contributed by atoms with van der Waals surface area (Å²) in [6.45, 7) is 12.4. The number of aromatic hydroxyl groups is 1. The number of hydrogen-bond donors (Lipinski definition) is 12. The van der Waals surface area contributed by atoms with E-state index in [1.54, 1.807) is 91.1 Å². The van der Waals surface area contributed by atoms with Crippen LogP contribution >= 0.6 is 9.24 Å². The molecule has 12 atom stereocenters. The van der Waals surface area contributed by atoms with Crippen molar-refractivity contribution in [2.75, 3.05) is 50.6 Å². The van der Waals surface area contributed by atoms with Crippen molar-refractivity contribution in [1.82, 2.24) is 36.1 Å². The van der Waals surface area contributed by atoms with Crippen LogP contribution in [0.5, 0.6) is 11.5 Å².